The van der Waals surface area contributed by atoms with Gasteiger partial charge in [-0.2, -0.15) is 5.10 Å². The Morgan fingerprint density at radius 3 is 2.78 bits per heavy atom. The van der Waals surface area contributed by atoms with E-state index in [4.69, 9.17) is 18.0 Å². The van der Waals surface area contributed by atoms with Crippen LogP contribution in [0.2, 0.25) is 0 Å². The van der Waals surface area contributed by atoms with Crippen LogP contribution in [0.25, 0.3) is 0 Å². The Labute approximate surface area is 115 Å². The molecular formula is C13H24N4S. The van der Waals surface area contributed by atoms with Gasteiger partial charge in [-0.25, -0.2) is 0 Å². The zero-order valence-electron chi connectivity index (χ0n) is 11.8. The number of nitrogens with two attached hydrogens (primary N) is 1. The van der Waals surface area contributed by atoms with Gasteiger partial charge in [0, 0.05) is 31.2 Å². The van der Waals surface area contributed by atoms with Gasteiger partial charge in [-0.15, -0.1) is 0 Å². The highest BCUT2D eigenvalue weighted by Gasteiger charge is 2.12. The van der Waals surface area contributed by atoms with Gasteiger partial charge in [-0.3, -0.25) is 9.58 Å². The number of rotatable bonds is 7. The Kier molecular flexibility index (Phi) is 5.75. The molecule has 2 N–H and O–H groups in total. The smallest absolute Gasteiger partial charge is 0.0764 e. The van der Waals surface area contributed by atoms with Crippen molar-refractivity contribution in [1.29, 1.82) is 0 Å². The third kappa shape index (κ3) is 4.38. The van der Waals surface area contributed by atoms with Crippen molar-refractivity contribution < 1.29 is 0 Å². The maximum Gasteiger partial charge on any atom is 0.0764 e. The monoisotopic (exact) mass is 268 g/mol. The zero-order chi connectivity index (χ0) is 13.7. The molecule has 0 spiro atoms. The van der Waals surface area contributed by atoms with Gasteiger partial charge in [0.25, 0.3) is 0 Å². The van der Waals surface area contributed by atoms with E-state index >= 15 is 0 Å². The molecule has 0 fully saturated rings. The first-order valence-electron chi connectivity index (χ1n) is 6.46. The van der Waals surface area contributed by atoms with Crippen LogP contribution in [0.5, 0.6) is 0 Å². The zero-order valence-corrected chi connectivity index (χ0v) is 12.6. The van der Waals surface area contributed by atoms with Crippen LogP contribution >= 0.6 is 12.2 Å². The second-order valence-electron chi connectivity index (χ2n) is 4.98. The topological polar surface area (TPSA) is 47.1 Å². The highest BCUT2D eigenvalue weighted by molar-refractivity contribution is 7.80. The Hall–Kier alpha value is -0.940. The fourth-order valence-corrected chi connectivity index (χ4v) is 1.99. The van der Waals surface area contributed by atoms with Gasteiger partial charge in [0.2, 0.25) is 0 Å². The molecule has 5 heteroatoms. The third-order valence-electron chi connectivity index (χ3n) is 3.37. The van der Waals surface area contributed by atoms with E-state index in [-0.39, 0.29) is 0 Å². The van der Waals surface area contributed by atoms with Crippen LogP contribution in [0.4, 0.5) is 0 Å². The normalized spacial score (nSPS) is 14.7. The molecule has 2 unspecified atom stereocenters. The van der Waals surface area contributed by atoms with Gasteiger partial charge in [-0.1, -0.05) is 19.1 Å². The van der Waals surface area contributed by atoms with Crippen molar-refractivity contribution in [2.45, 2.75) is 52.2 Å². The molecule has 0 amide bonds. The Morgan fingerprint density at radius 1 is 1.56 bits per heavy atom. The van der Waals surface area contributed by atoms with Gasteiger partial charge in [0.05, 0.1) is 10.7 Å². The number of hydrogen-bond donors (Lipinski definition) is 1. The van der Waals surface area contributed by atoms with E-state index in [0.717, 1.165) is 25.1 Å². The number of aromatic nitrogens is 2. The molecule has 102 valence electrons. The Balaban J connectivity index is 2.56. The van der Waals surface area contributed by atoms with E-state index in [1.54, 1.807) is 0 Å². The lowest BCUT2D eigenvalue weighted by molar-refractivity contribution is 0.251. The van der Waals surface area contributed by atoms with Crippen molar-refractivity contribution >= 4 is 17.2 Å². The second kappa shape index (κ2) is 6.85. The van der Waals surface area contributed by atoms with Crippen LogP contribution in [0.3, 0.4) is 0 Å². The summed E-state index contributed by atoms with van der Waals surface area (Å²) in [6, 6.07) is 2.88. The summed E-state index contributed by atoms with van der Waals surface area (Å²) in [4.78, 5) is 2.79. The number of thiocarbonyl (C=S) groups is 1. The molecule has 1 rings (SSSR count). The molecule has 0 aliphatic rings. The van der Waals surface area contributed by atoms with Crippen LogP contribution in [0.1, 0.15) is 45.3 Å². The van der Waals surface area contributed by atoms with Gasteiger partial charge in [0.1, 0.15) is 0 Å². The average Bonchev–Trinajstić information content (AvgIpc) is 2.75. The summed E-state index contributed by atoms with van der Waals surface area (Å²) < 4.78 is 2.03. The summed E-state index contributed by atoms with van der Waals surface area (Å²) in [5.41, 5.74) is 6.66. The molecule has 1 aromatic heterocycles. The molecule has 18 heavy (non-hydrogen) atoms. The molecule has 2 atom stereocenters. The fraction of sp³-hybridized carbons (Fsp3) is 0.692. The first kappa shape index (κ1) is 15.1. The minimum atomic E-state index is 0.344. The predicted molar refractivity (Wildman–Crippen MR) is 79.6 cm³/mol. The van der Waals surface area contributed by atoms with E-state index in [9.17, 15) is 0 Å². The molecule has 1 heterocycles. The summed E-state index contributed by atoms with van der Waals surface area (Å²) in [6.07, 6.45) is 3.89. The summed E-state index contributed by atoms with van der Waals surface area (Å²) in [5.74, 6) is 0. The van der Waals surface area contributed by atoms with Crippen molar-refractivity contribution in [1.82, 2.24) is 14.7 Å². The SMILES string of the molecule is CCC(C)n1ccc(CN(C)C(C)CC(N)=S)n1. The van der Waals surface area contributed by atoms with Crippen molar-refractivity contribution in [3.8, 4) is 0 Å². The highest BCUT2D eigenvalue weighted by Crippen LogP contribution is 2.11. The standard InChI is InChI=1S/C13H24N4S/c1-5-10(2)17-7-6-12(15-17)9-16(4)11(3)8-13(14)18/h6-7,10-11H,5,8-9H2,1-4H3,(H2,14,18). The van der Waals surface area contributed by atoms with Gasteiger partial charge in [0.15, 0.2) is 0 Å². The maximum absolute atomic E-state index is 5.57. The quantitative estimate of drug-likeness (QED) is 0.771. The molecule has 0 aromatic carbocycles. The molecule has 4 nitrogen and oxygen atoms in total. The minimum absolute atomic E-state index is 0.344. The lowest BCUT2D eigenvalue weighted by Crippen LogP contribution is -2.32. The van der Waals surface area contributed by atoms with Crippen LogP contribution in [0, 0.1) is 0 Å². The van der Waals surface area contributed by atoms with Crippen LogP contribution < -0.4 is 5.73 Å². The number of nitrogens with zero attached hydrogens (tertiary/aromatic N) is 3. The summed E-state index contributed by atoms with van der Waals surface area (Å²) >= 11 is 4.94. The van der Waals surface area contributed by atoms with Crippen molar-refractivity contribution in [2.75, 3.05) is 7.05 Å². The van der Waals surface area contributed by atoms with Crippen LogP contribution in [-0.4, -0.2) is 32.8 Å². The Bertz CT molecular complexity index is 388. The first-order chi connectivity index (χ1) is 8.43. The second-order valence-corrected chi connectivity index (χ2v) is 5.50. The average molecular weight is 268 g/mol. The lowest BCUT2D eigenvalue weighted by atomic mass is 10.2. The molecule has 0 aliphatic carbocycles. The van der Waals surface area contributed by atoms with E-state index in [1.807, 2.05) is 4.68 Å². The molecule has 1 aromatic rings. The highest BCUT2D eigenvalue weighted by atomic mass is 32.1. The molecule has 0 saturated carbocycles. The fourth-order valence-electron chi connectivity index (χ4n) is 1.75. The molecule has 0 radical (unpaired) electrons. The van der Waals surface area contributed by atoms with Gasteiger partial charge in [-0.05, 0) is 33.4 Å². The molecule has 0 aliphatic heterocycles. The van der Waals surface area contributed by atoms with E-state index in [1.165, 1.54) is 0 Å². The third-order valence-corrected chi connectivity index (χ3v) is 3.53. The lowest BCUT2D eigenvalue weighted by Gasteiger charge is -2.23. The number of hydrogen-bond acceptors (Lipinski definition) is 3. The van der Waals surface area contributed by atoms with Crippen LogP contribution in [0.15, 0.2) is 12.3 Å². The summed E-state index contributed by atoms with van der Waals surface area (Å²) in [7, 11) is 2.07. The first-order valence-corrected chi connectivity index (χ1v) is 6.87. The van der Waals surface area contributed by atoms with E-state index in [0.29, 0.717) is 17.1 Å². The maximum atomic E-state index is 5.57. The summed E-state index contributed by atoms with van der Waals surface area (Å²) in [5, 5.41) is 4.59. The van der Waals surface area contributed by atoms with Gasteiger partial charge < -0.3 is 5.73 Å². The largest absolute Gasteiger partial charge is 0.393 e. The van der Waals surface area contributed by atoms with Crippen molar-refractivity contribution in [2.24, 2.45) is 5.73 Å². The summed E-state index contributed by atoms with van der Waals surface area (Å²) in [6.45, 7) is 7.30. The van der Waals surface area contributed by atoms with Crippen molar-refractivity contribution in [3.63, 3.8) is 0 Å². The van der Waals surface area contributed by atoms with E-state index in [2.05, 4.69) is 50.1 Å². The molecule has 0 bridgehead atoms. The van der Waals surface area contributed by atoms with E-state index < -0.39 is 0 Å². The van der Waals surface area contributed by atoms with Gasteiger partial charge >= 0.3 is 0 Å². The molecular weight excluding hydrogens is 244 g/mol. The predicted octanol–water partition coefficient (Wildman–Crippen LogP) is 2.35. The van der Waals surface area contributed by atoms with Crippen LogP contribution in [-0.2, 0) is 6.54 Å². The van der Waals surface area contributed by atoms with Crippen molar-refractivity contribution in [3.05, 3.63) is 18.0 Å². The Morgan fingerprint density at radius 2 is 2.22 bits per heavy atom. The molecule has 0 saturated heterocycles. The minimum Gasteiger partial charge on any atom is -0.393 e.